The van der Waals surface area contributed by atoms with Gasteiger partial charge in [-0.25, -0.2) is 8.93 Å². The first-order valence-electron chi connectivity index (χ1n) is 9.71. The first-order valence-corrected chi connectivity index (χ1v) is 10.8. The Balaban J connectivity index is 1.31. The second kappa shape index (κ2) is 9.41. The van der Waals surface area contributed by atoms with Gasteiger partial charge in [-0.1, -0.05) is 41.6 Å². The lowest BCUT2D eigenvalue weighted by Crippen LogP contribution is -2.32. The third-order valence-electron chi connectivity index (χ3n) is 5.22. The van der Waals surface area contributed by atoms with Crippen LogP contribution in [-0.2, 0) is 24.4 Å². The zero-order valence-electron chi connectivity index (χ0n) is 16.0. The van der Waals surface area contributed by atoms with E-state index in [1.165, 1.54) is 0 Å². The molecule has 0 bridgehead atoms. The SMILES string of the molecule is O=S(O)NCc1cccc(C2CCN(Cc3cc(-c4ccccc4)no3)CC2)n1. The van der Waals surface area contributed by atoms with Crippen LogP contribution < -0.4 is 4.72 Å². The van der Waals surface area contributed by atoms with E-state index in [1.807, 2.05) is 54.6 Å². The molecule has 2 N–H and O–H groups in total. The van der Waals surface area contributed by atoms with Gasteiger partial charge in [-0.2, -0.15) is 0 Å². The van der Waals surface area contributed by atoms with Gasteiger partial charge < -0.3 is 4.52 Å². The van der Waals surface area contributed by atoms with Crippen LogP contribution in [0.1, 0.15) is 35.9 Å². The summed E-state index contributed by atoms with van der Waals surface area (Å²) >= 11 is -2.02. The van der Waals surface area contributed by atoms with E-state index in [0.29, 0.717) is 5.92 Å². The van der Waals surface area contributed by atoms with Crippen LogP contribution in [0, 0.1) is 0 Å². The normalized spacial score (nSPS) is 16.7. The molecule has 4 rings (SSSR count). The highest BCUT2D eigenvalue weighted by atomic mass is 32.2. The lowest BCUT2D eigenvalue weighted by atomic mass is 9.93. The second-order valence-corrected chi connectivity index (χ2v) is 8.01. The molecule has 7 nitrogen and oxygen atoms in total. The Labute approximate surface area is 172 Å². The van der Waals surface area contributed by atoms with Gasteiger partial charge in [0, 0.05) is 23.2 Å². The van der Waals surface area contributed by atoms with Crippen LogP contribution in [0.15, 0.2) is 59.1 Å². The molecule has 1 aromatic carbocycles. The van der Waals surface area contributed by atoms with E-state index >= 15 is 0 Å². The van der Waals surface area contributed by atoms with Crippen LogP contribution in [0.25, 0.3) is 11.3 Å². The molecule has 0 saturated carbocycles. The lowest BCUT2D eigenvalue weighted by Gasteiger charge is -2.31. The van der Waals surface area contributed by atoms with Crippen molar-refractivity contribution in [2.75, 3.05) is 13.1 Å². The van der Waals surface area contributed by atoms with Gasteiger partial charge in [-0.05, 0) is 38.1 Å². The monoisotopic (exact) mass is 412 g/mol. The molecule has 1 atom stereocenters. The first kappa shape index (κ1) is 19.9. The zero-order valence-corrected chi connectivity index (χ0v) is 16.8. The highest BCUT2D eigenvalue weighted by molar-refractivity contribution is 7.77. The number of hydrogen-bond acceptors (Lipinski definition) is 5. The summed E-state index contributed by atoms with van der Waals surface area (Å²) in [5.41, 5.74) is 3.77. The molecule has 1 saturated heterocycles. The molecule has 152 valence electrons. The molecule has 3 aromatic rings. The third-order valence-corrected chi connectivity index (χ3v) is 5.61. The summed E-state index contributed by atoms with van der Waals surface area (Å²) in [6.07, 6.45) is 2.05. The number of rotatable bonds is 7. The predicted molar refractivity (Wildman–Crippen MR) is 111 cm³/mol. The predicted octanol–water partition coefficient (Wildman–Crippen LogP) is 3.34. The van der Waals surface area contributed by atoms with Gasteiger partial charge in [0.1, 0.15) is 5.69 Å². The molecule has 8 heteroatoms. The Bertz CT molecular complexity index is 955. The maximum atomic E-state index is 10.8. The summed E-state index contributed by atoms with van der Waals surface area (Å²) in [7, 11) is 0. The van der Waals surface area contributed by atoms with E-state index in [0.717, 1.165) is 60.9 Å². The molecular formula is C21H24N4O3S. The van der Waals surface area contributed by atoms with E-state index in [9.17, 15) is 4.21 Å². The molecule has 1 aliphatic rings. The number of likely N-dealkylation sites (tertiary alicyclic amines) is 1. The lowest BCUT2D eigenvalue weighted by molar-refractivity contribution is 0.183. The number of piperidine rings is 1. The molecule has 0 amide bonds. The maximum Gasteiger partial charge on any atom is 0.232 e. The van der Waals surface area contributed by atoms with E-state index < -0.39 is 11.3 Å². The van der Waals surface area contributed by atoms with E-state index in [4.69, 9.17) is 9.08 Å². The smallest absolute Gasteiger partial charge is 0.232 e. The number of aromatic nitrogens is 2. The second-order valence-electron chi connectivity index (χ2n) is 7.22. The summed E-state index contributed by atoms with van der Waals surface area (Å²) < 4.78 is 27.7. The summed E-state index contributed by atoms with van der Waals surface area (Å²) in [6, 6.07) is 17.9. The van der Waals surface area contributed by atoms with Gasteiger partial charge in [0.25, 0.3) is 0 Å². The standard InChI is InChI=1S/C21H24N4O3S/c26-29(27)22-14-18-7-4-8-20(23-18)17-9-11-25(12-10-17)15-19-13-21(24-28-19)16-5-2-1-3-6-16/h1-8,13,17,22H,9-12,14-15H2,(H,26,27). The molecule has 1 unspecified atom stereocenters. The molecule has 29 heavy (non-hydrogen) atoms. The minimum absolute atomic E-state index is 0.283. The molecular weight excluding hydrogens is 388 g/mol. The third kappa shape index (κ3) is 5.36. The van der Waals surface area contributed by atoms with E-state index in [2.05, 4.69) is 19.8 Å². The largest absolute Gasteiger partial charge is 0.359 e. The average molecular weight is 413 g/mol. The van der Waals surface area contributed by atoms with Crippen molar-refractivity contribution in [1.29, 1.82) is 0 Å². The van der Waals surface area contributed by atoms with Crippen molar-refractivity contribution < 1.29 is 13.3 Å². The Morgan fingerprint density at radius 1 is 1.14 bits per heavy atom. The summed E-state index contributed by atoms with van der Waals surface area (Å²) in [5, 5.41) is 4.20. The number of nitrogens with zero attached hydrogens (tertiary/aromatic N) is 3. The van der Waals surface area contributed by atoms with E-state index in [-0.39, 0.29) is 6.54 Å². The molecule has 3 heterocycles. The maximum absolute atomic E-state index is 10.8. The van der Waals surface area contributed by atoms with Gasteiger partial charge in [0.15, 0.2) is 5.76 Å². The van der Waals surface area contributed by atoms with Crippen molar-refractivity contribution in [3.8, 4) is 11.3 Å². The fourth-order valence-corrected chi connectivity index (χ4v) is 3.97. The topological polar surface area (TPSA) is 91.5 Å². The number of hydrogen-bond donors (Lipinski definition) is 2. The van der Waals surface area contributed by atoms with Gasteiger partial charge in [0.05, 0.1) is 18.8 Å². The molecule has 0 spiro atoms. The van der Waals surface area contributed by atoms with Crippen molar-refractivity contribution in [2.45, 2.75) is 31.8 Å². The Morgan fingerprint density at radius 3 is 2.69 bits per heavy atom. The number of pyridine rings is 1. The Hall–Kier alpha value is -2.39. The Morgan fingerprint density at radius 2 is 1.93 bits per heavy atom. The highest BCUT2D eigenvalue weighted by Crippen LogP contribution is 2.28. The molecule has 1 fully saturated rings. The molecule has 2 aromatic heterocycles. The minimum Gasteiger partial charge on any atom is -0.359 e. The fourth-order valence-electron chi connectivity index (χ4n) is 3.70. The number of benzene rings is 1. The van der Waals surface area contributed by atoms with Crippen LogP contribution in [0.4, 0.5) is 0 Å². The average Bonchev–Trinajstić information content (AvgIpc) is 3.22. The van der Waals surface area contributed by atoms with Crippen molar-refractivity contribution in [3.63, 3.8) is 0 Å². The number of nitrogens with one attached hydrogen (secondary N) is 1. The molecule has 0 radical (unpaired) electrons. The van der Waals surface area contributed by atoms with Crippen molar-refractivity contribution in [3.05, 3.63) is 71.7 Å². The summed E-state index contributed by atoms with van der Waals surface area (Å²) in [5.74, 6) is 1.28. The summed E-state index contributed by atoms with van der Waals surface area (Å²) in [4.78, 5) is 7.04. The van der Waals surface area contributed by atoms with Crippen LogP contribution in [-0.4, -0.2) is 36.9 Å². The van der Waals surface area contributed by atoms with Gasteiger partial charge >= 0.3 is 0 Å². The van der Waals surface area contributed by atoms with Crippen molar-refractivity contribution >= 4 is 11.3 Å². The van der Waals surface area contributed by atoms with Crippen LogP contribution in [0.2, 0.25) is 0 Å². The van der Waals surface area contributed by atoms with Crippen LogP contribution in [0.5, 0.6) is 0 Å². The highest BCUT2D eigenvalue weighted by Gasteiger charge is 2.23. The van der Waals surface area contributed by atoms with E-state index in [1.54, 1.807) is 0 Å². The molecule has 1 aliphatic heterocycles. The van der Waals surface area contributed by atoms with Crippen molar-refractivity contribution in [2.24, 2.45) is 0 Å². The summed E-state index contributed by atoms with van der Waals surface area (Å²) in [6.45, 7) is 2.98. The molecule has 0 aliphatic carbocycles. The van der Waals surface area contributed by atoms with Crippen LogP contribution in [0.3, 0.4) is 0 Å². The van der Waals surface area contributed by atoms with Crippen molar-refractivity contribution in [1.82, 2.24) is 19.8 Å². The first-order chi connectivity index (χ1) is 14.2. The van der Waals surface area contributed by atoms with Gasteiger partial charge in [0.2, 0.25) is 11.3 Å². The van der Waals surface area contributed by atoms with Gasteiger partial charge in [-0.15, -0.1) is 0 Å². The zero-order chi connectivity index (χ0) is 20.1. The van der Waals surface area contributed by atoms with Gasteiger partial charge in [-0.3, -0.25) is 14.4 Å². The fraction of sp³-hybridized carbons (Fsp3) is 0.333. The quantitative estimate of drug-likeness (QED) is 0.579. The van der Waals surface area contributed by atoms with Crippen LogP contribution >= 0.6 is 0 Å². The Kier molecular flexibility index (Phi) is 6.46. The minimum atomic E-state index is -2.02.